The van der Waals surface area contributed by atoms with Gasteiger partial charge in [0.15, 0.2) is 0 Å². The first-order valence-corrected chi connectivity index (χ1v) is 6.66. The van der Waals surface area contributed by atoms with Crippen LogP contribution in [0.1, 0.15) is 11.1 Å². The molecule has 1 N–H and O–H groups in total. The summed E-state index contributed by atoms with van der Waals surface area (Å²) in [5.41, 5.74) is 1.31. The van der Waals surface area contributed by atoms with Crippen molar-refractivity contribution < 1.29 is 14.8 Å². The molecular formula is C14H12BrNO4. The van der Waals surface area contributed by atoms with E-state index in [4.69, 9.17) is 4.74 Å². The molecule has 0 fully saturated rings. The monoisotopic (exact) mass is 337 g/mol. The molecule has 2 aromatic carbocycles. The molecule has 0 spiro atoms. The molecule has 0 aliphatic carbocycles. The first-order valence-electron chi connectivity index (χ1n) is 5.87. The summed E-state index contributed by atoms with van der Waals surface area (Å²) in [6.07, 6.45) is 0. The van der Waals surface area contributed by atoms with Gasteiger partial charge in [0.2, 0.25) is 5.75 Å². The van der Waals surface area contributed by atoms with Crippen LogP contribution in [0, 0.1) is 10.1 Å². The van der Waals surface area contributed by atoms with Gasteiger partial charge in [-0.1, -0.05) is 30.3 Å². The van der Waals surface area contributed by atoms with E-state index in [0.717, 1.165) is 5.56 Å². The van der Waals surface area contributed by atoms with Crippen molar-refractivity contribution in [3.05, 3.63) is 68.2 Å². The molecule has 0 saturated heterocycles. The number of ether oxygens (including phenoxy) is 1. The van der Waals surface area contributed by atoms with Gasteiger partial charge in [0.1, 0.15) is 6.61 Å². The summed E-state index contributed by atoms with van der Waals surface area (Å²) in [6.45, 7) is -0.00453. The summed E-state index contributed by atoms with van der Waals surface area (Å²) in [4.78, 5) is 10.5. The predicted molar refractivity (Wildman–Crippen MR) is 77.5 cm³/mol. The molecule has 2 aromatic rings. The van der Waals surface area contributed by atoms with Gasteiger partial charge < -0.3 is 9.84 Å². The molecule has 0 unspecified atom stereocenters. The Kier molecular flexibility index (Phi) is 4.70. The number of rotatable bonds is 5. The van der Waals surface area contributed by atoms with Crippen molar-refractivity contribution in [2.75, 3.05) is 0 Å². The summed E-state index contributed by atoms with van der Waals surface area (Å²) in [7, 11) is 0. The molecule has 5 nitrogen and oxygen atoms in total. The van der Waals surface area contributed by atoms with Crippen LogP contribution in [0.5, 0.6) is 5.75 Å². The Balaban J connectivity index is 2.31. The maximum Gasteiger partial charge on any atom is 0.312 e. The molecule has 2 rings (SSSR count). The fourth-order valence-electron chi connectivity index (χ4n) is 1.72. The molecule has 0 atom stereocenters. The molecule has 0 bridgehead atoms. The lowest BCUT2D eigenvalue weighted by Crippen LogP contribution is -2.01. The van der Waals surface area contributed by atoms with Gasteiger partial charge in [-0.2, -0.15) is 0 Å². The normalized spacial score (nSPS) is 10.3. The maximum absolute atomic E-state index is 11.0. The van der Waals surface area contributed by atoms with Crippen molar-refractivity contribution in [2.24, 2.45) is 0 Å². The zero-order chi connectivity index (χ0) is 14.5. The molecule has 20 heavy (non-hydrogen) atoms. The van der Waals surface area contributed by atoms with Crippen LogP contribution in [-0.4, -0.2) is 10.0 Å². The fraction of sp³-hybridized carbons (Fsp3) is 0.143. The van der Waals surface area contributed by atoms with Crippen LogP contribution in [0.2, 0.25) is 0 Å². The standard InChI is InChI=1S/C14H12BrNO4/c15-13-11(8-17)6-7-12(16(18)19)14(13)20-9-10-4-2-1-3-5-10/h1-7,17H,8-9H2. The Morgan fingerprint density at radius 3 is 2.50 bits per heavy atom. The number of nitro benzene ring substituents is 1. The van der Waals surface area contributed by atoms with Gasteiger partial charge >= 0.3 is 5.69 Å². The van der Waals surface area contributed by atoms with Crippen LogP contribution in [0.3, 0.4) is 0 Å². The third-order valence-corrected chi connectivity index (χ3v) is 3.62. The Labute approximate surface area is 124 Å². The van der Waals surface area contributed by atoms with Gasteiger partial charge in [-0.3, -0.25) is 10.1 Å². The number of halogens is 1. The van der Waals surface area contributed by atoms with Gasteiger partial charge in [0.05, 0.1) is 16.0 Å². The summed E-state index contributed by atoms with van der Waals surface area (Å²) >= 11 is 3.24. The number of nitrogens with zero attached hydrogens (tertiary/aromatic N) is 1. The third kappa shape index (κ3) is 3.15. The van der Waals surface area contributed by atoms with Crippen LogP contribution in [0.4, 0.5) is 5.69 Å². The Morgan fingerprint density at radius 2 is 1.90 bits per heavy atom. The molecule has 0 amide bonds. The molecule has 0 aliphatic rings. The second kappa shape index (κ2) is 6.49. The van der Waals surface area contributed by atoms with Gasteiger partial charge in [-0.15, -0.1) is 0 Å². The molecule has 104 valence electrons. The van der Waals surface area contributed by atoms with E-state index in [1.165, 1.54) is 12.1 Å². The van der Waals surface area contributed by atoms with E-state index in [1.54, 1.807) is 0 Å². The second-order valence-electron chi connectivity index (χ2n) is 4.08. The zero-order valence-electron chi connectivity index (χ0n) is 10.5. The van der Waals surface area contributed by atoms with Crippen molar-refractivity contribution in [2.45, 2.75) is 13.2 Å². The summed E-state index contributed by atoms with van der Waals surface area (Å²) in [5, 5.41) is 20.2. The van der Waals surface area contributed by atoms with Gasteiger partial charge in [0, 0.05) is 6.07 Å². The number of nitro groups is 1. The van der Waals surface area contributed by atoms with E-state index in [2.05, 4.69) is 15.9 Å². The fourth-order valence-corrected chi connectivity index (χ4v) is 2.29. The van der Waals surface area contributed by atoms with Crippen LogP contribution in [-0.2, 0) is 13.2 Å². The minimum absolute atomic E-state index is 0.130. The summed E-state index contributed by atoms with van der Waals surface area (Å²) < 4.78 is 5.97. The van der Waals surface area contributed by atoms with E-state index in [9.17, 15) is 15.2 Å². The molecule has 0 aliphatic heterocycles. The number of aliphatic hydroxyl groups excluding tert-OH is 1. The molecule has 6 heteroatoms. The average Bonchev–Trinajstić information content (AvgIpc) is 2.46. The van der Waals surface area contributed by atoms with Crippen molar-refractivity contribution in [1.29, 1.82) is 0 Å². The van der Waals surface area contributed by atoms with E-state index >= 15 is 0 Å². The highest BCUT2D eigenvalue weighted by atomic mass is 79.9. The molecule has 0 saturated carbocycles. The van der Waals surface area contributed by atoms with Crippen LogP contribution < -0.4 is 4.74 Å². The molecular weight excluding hydrogens is 326 g/mol. The SMILES string of the molecule is O=[N+]([O-])c1ccc(CO)c(Br)c1OCc1ccccc1. The second-order valence-corrected chi connectivity index (χ2v) is 4.87. The quantitative estimate of drug-likeness (QED) is 0.670. The lowest BCUT2D eigenvalue weighted by atomic mass is 10.2. The van der Waals surface area contributed by atoms with Crippen LogP contribution >= 0.6 is 15.9 Å². The zero-order valence-corrected chi connectivity index (χ0v) is 12.0. The van der Waals surface area contributed by atoms with Crippen LogP contribution in [0.25, 0.3) is 0 Å². The van der Waals surface area contributed by atoms with Crippen molar-refractivity contribution >= 4 is 21.6 Å². The lowest BCUT2D eigenvalue weighted by molar-refractivity contribution is -0.386. The van der Waals surface area contributed by atoms with Gasteiger partial charge in [-0.25, -0.2) is 0 Å². The van der Waals surface area contributed by atoms with Crippen LogP contribution in [0.15, 0.2) is 46.9 Å². The minimum Gasteiger partial charge on any atom is -0.481 e. The minimum atomic E-state index is -0.508. The molecule has 0 heterocycles. The highest BCUT2D eigenvalue weighted by Gasteiger charge is 2.20. The van der Waals surface area contributed by atoms with Crippen molar-refractivity contribution in [3.63, 3.8) is 0 Å². The van der Waals surface area contributed by atoms with E-state index in [-0.39, 0.29) is 24.7 Å². The third-order valence-electron chi connectivity index (χ3n) is 2.75. The Bertz CT molecular complexity index is 616. The average molecular weight is 338 g/mol. The highest BCUT2D eigenvalue weighted by molar-refractivity contribution is 9.10. The first-order chi connectivity index (χ1) is 9.63. The van der Waals surface area contributed by atoms with Gasteiger partial charge in [-0.05, 0) is 33.1 Å². The van der Waals surface area contributed by atoms with E-state index in [1.807, 2.05) is 30.3 Å². The van der Waals surface area contributed by atoms with E-state index < -0.39 is 4.92 Å². The number of hydrogen-bond donors (Lipinski definition) is 1. The maximum atomic E-state index is 11.0. The van der Waals surface area contributed by atoms with E-state index in [0.29, 0.717) is 10.0 Å². The summed E-state index contributed by atoms with van der Waals surface area (Å²) in [5.74, 6) is 0.130. The topological polar surface area (TPSA) is 72.6 Å². The Morgan fingerprint density at radius 1 is 1.20 bits per heavy atom. The molecule has 0 radical (unpaired) electrons. The highest BCUT2D eigenvalue weighted by Crippen LogP contribution is 2.38. The number of hydrogen-bond acceptors (Lipinski definition) is 4. The van der Waals surface area contributed by atoms with Gasteiger partial charge in [0.25, 0.3) is 0 Å². The largest absolute Gasteiger partial charge is 0.481 e. The number of aliphatic hydroxyl groups is 1. The number of benzene rings is 2. The molecule has 0 aromatic heterocycles. The predicted octanol–water partition coefficient (Wildman–Crippen LogP) is 3.43. The smallest absolute Gasteiger partial charge is 0.312 e. The lowest BCUT2D eigenvalue weighted by Gasteiger charge is -2.11. The van der Waals surface area contributed by atoms with Crippen molar-refractivity contribution in [1.82, 2.24) is 0 Å². The Hall–Kier alpha value is -1.92. The first kappa shape index (κ1) is 14.5. The van der Waals surface area contributed by atoms with Crippen molar-refractivity contribution in [3.8, 4) is 5.75 Å². The summed E-state index contributed by atoms with van der Waals surface area (Å²) in [6, 6.07) is 12.2.